The molecule has 0 bridgehead atoms. The van der Waals surface area contributed by atoms with E-state index in [0.717, 1.165) is 46.6 Å². The number of alkyl halides is 6. The van der Waals surface area contributed by atoms with E-state index in [0.29, 0.717) is 52.1 Å². The molecule has 0 atom stereocenters. The van der Waals surface area contributed by atoms with Crippen molar-refractivity contribution in [1.29, 1.82) is 0 Å². The van der Waals surface area contributed by atoms with Crippen molar-refractivity contribution in [1.82, 2.24) is 0 Å². The normalized spacial score (nSPS) is 14.2. The van der Waals surface area contributed by atoms with E-state index in [1.54, 1.807) is 0 Å². The van der Waals surface area contributed by atoms with Gasteiger partial charge in [0.05, 0.1) is 54.4 Å². The molecule has 8 rings (SSSR count). The van der Waals surface area contributed by atoms with Crippen molar-refractivity contribution in [2.45, 2.75) is 143 Å². The van der Waals surface area contributed by atoms with Gasteiger partial charge in [0.2, 0.25) is 0 Å². The molecule has 0 amide bonds. The minimum atomic E-state index is -5.97. The van der Waals surface area contributed by atoms with Crippen molar-refractivity contribution in [3.63, 3.8) is 0 Å². The summed E-state index contributed by atoms with van der Waals surface area (Å²) in [6, 6.07) is 51.8. The summed E-state index contributed by atoms with van der Waals surface area (Å²) >= 11 is 0. The van der Waals surface area contributed by atoms with E-state index in [1.807, 2.05) is 0 Å². The average Bonchev–Trinajstić information content (AvgIpc) is 3.35. The number of sulfonamides is 4. The van der Waals surface area contributed by atoms with Crippen LogP contribution in [0.15, 0.2) is 201 Å². The van der Waals surface area contributed by atoms with Crippen LogP contribution in [0.2, 0.25) is 0 Å². The molecule has 0 aliphatic heterocycles. The van der Waals surface area contributed by atoms with Gasteiger partial charge in [-0.25, -0.2) is 33.7 Å². The molecule has 0 spiro atoms. The standard InChI is InChI=1S/2C24H25O2S.2C7H11F3NO4S2.Na/c2*1-4-25-15-16-26-24-19(2)17-23(18-20(24)3)27(21-11-7-5-8-12-21)22-13-9-6-10-14-22;2*8-7(9,10)17(14,15)11-16(12,13)6-4-2-1-3-5-6;/h2*4-14,17-18H,1,15-16H2,2-3H3;2*6H,1-5H2;/q2*+1;2*-1;+1. The molecule has 0 aromatic heterocycles. The quantitative estimate of drug-likeness (QED) is 0.0205. The second kappa shape index (κ2) is 35.7. The van der Waals surface area contributed by atoms with Crippen LogP contribution >= 0.6 is 0 Å². The summed E-state index contributed by atoms with van der Waals surface area (Å²) < 4.78 is 186. The van der Waals surface area contributed by atoms with Gasteiger partial charge < -0.3 is 27.2 Å². The van der Waals surface area contributed by atoms with Gasteiger partial charge in [-0.3, -0.25) is 0 Å². The van der Waals surface area contributed by atoms with Crippen molar-refractivity contribution < 1.29 is 109 Å². The van der Waals surface area contributed by atoms with E-state index in [9.17, 15) is 60.0 Å². The fourth-order valence-corrected chi connectivity index (χ4v) is 19.5. The largest absolute Gasteiger partial charge is 1.00 e. The molecular weight excluding hydrogens is 1290 g/mol. The van der Waals surface area contributed by atoms with Crippen LogP contribution in [0.3, 0.4) is 0 Å². The van der Waals surface area contributed by atoms with E-state index < -0.39 is 61.6 Å². The molecule has 480 valence electrons. The van der Waals surface area contributed by atoms with Crippen molar-refractivity contribution >= 4 is 61.9 Å². The first kappa shape index (κ1) is 76.5. The summed E-state index contributed by atoms with van der Waals surface area (Å²) in [5.41, 5.74) is -6.76. The van der Waals surface area contributed by atoms with Crippen LogP contribution in [0.5, 0.6) is 11.5 Å². The first-order chi connectivity index (χ1) is 41.5. The van der Waals surface area contributed by atoms with E-state index in [4.69, 9.17) is 18.9 Å². The Morgan fingerprint density at radius 2 is 0.674 bits per heavy atom. The number of rotatable bonds is 22. The SMILES string of the molecule is C=COCCOc1c(C)cc([S+](c2ccccc2)c2ccccc2)cc1C.C=COCCOc1c(C)cc([S+](c2ccccc2)c2ccccc2)cc1C.O=S(=O)([N-]S(=O)(=O)C(F)(F)F)C1CCCCC1.O=S(=O)([N-]S(=O)(=O)C(F)(F)F)C1CCCCC1.[Na+]. The number of aryl methyl sites for hydroxylation is 4. The molecular formula is C62H72F6N2NaO12S6+. The molecule has 14 nitrogen and oxygen atoms in total. The molecule has 2 saturated carbocycles. The molecule has 0 unspecified atom stereocenters. The monoisotopic (exact) mass is 1370 g/mol. The first-order valence-corrected chi connectivity index (χ1v) is 36.1. The number of nitrogens with zero attached hydrogens (tertiary/aromatic N) is 2. The summed E-state index contributed by atoms with van der Waals surface area (Å²) in [5.74, 6) is 1.88. The van der Waals surface area contributed by atoms with Crippen LogP contribution in [0.25, 0.3) is 8.25 Å². The zero-order valence-corrected chi connectivity index (χ0v) is 56.9. The van der Waals surface area contributed by atoms with Gasteiger partial charge in [0, 0.05) is 34.8 Å². The topological polar surface area (TPSA) is 202 Å². The summed E-state index contributed by atoms with van der Waals surface area (Å²) in [4.78, 5) is 7.87. The second-order valence-electron chi connectivity index (χ2n) is 19.9. The molecule has 0 N–H and O–H groups in total. The summed E-state index contributed by atoms with van der Waals surface area (Å²) in [5, 5.41) is -2.23. The molecule has 6 aromatic rings. The van der Waals surface area contributed by atoms with Gasteiger partial charge >= 0.3 is 40.6 Å². The Balaban J connectivity index is 0.000000259. The van der Waals surface area contributed by atoms with Crippen molar-refractivity contribution in [3.8, 4) is 11.5 Å². The zero-order chi connectivity index (χ0) is 64.8. The number of ether oxygens (including phenoxy) is 4. The molecule has 2 aliphatic carbocycles. The molecule has 6 aromatic carbocycles. The van der Waals surface area contributed by atoms with Crippen molar-refractivity contribution in [2.75, 3.05) is 26.4 Å². The Bertz CT molecular complexity index is 3280. The zero-order valence-electron chi connectivity index (χ0n) is 50.0. The fraction of sp³-hybridized carbons (Fsp3) is 0.355. The Hall–Kier alpha value is -5.00. The van der Waals surface area contributed by atoms with Crippen LogP contribution < -0.4 is 39.0 Å². The van der Waals surface area contributed by atoms with Crippen LogP contribution in [0.4, 0.5) is 26.3 Å². The van der Waals surface area contributed by atoms with Crippen LogP contribution in [-0.4, -0.2) is 81.6 Å². The molecule has 89 heavy (non-hydrogen) atoms. The molecule has 27 heteroatoms. The molecule has 2 aliphatic rings. The average molecular weight is 1370 g/mol. The third-order valence-electron chi connectivity index (χ3n) is 13.3. The van der Waals surface area contributed by atoms with E-state index in [1.165, 1.54) is 41.9 Å². The Labute approximate surface area is 548 Å². The maximum absolute atomic E-state index is 12.0. The summed E-state index contributed by atoms with van der Waals surface area (Å²) in [7, 11) is -21.4. The van der Waals surface area contributed by atoms with Crippen LogP contribution in [-0.2, 0) is 71.4 Å². The van der Waals surface area contributed by atoms with Crippen LogP contribution in [0.1, 0.15) is 86.5 Å². The Morgan fingerprint density at radius 1 is 0.427 bits per heavy atom. The Kier molecular flexibility index (Phi) is 30.7. The predicted octanol–water partition coefficient (Wildman–Crippen LogP) is 12.6. The Morgan fingerprint density at radius 3 is 0.899 bits per heavy atom. The molecule has 0 heterocycles. The molecule has 2 fully saturated rings. The maximum atomic E-state index is 12.0. The van der Waals surface area contributed by atoms with E-state index in [2.05, 4.69) is 195 Å². The molecule has 0 saturated heterocycles. The number of halogens is 6. The maximum Gasteiger partial charge on any atom is 1.00 e. The first-order valence-electron chi connectivity index (χ1n) is 27.7. The fourth-order valence-electron chi connectivity index (χ4n) is 9.31. The minimum absolute atomic E-state index is 0. The predicted molar refractivity (Wildman–Crippen MR) is 333 cm³/mol. The van der Waals surface area contributed by atoms with Gasteiger partial charge in [0.1, 0.15) is 37.9 Å². The third kappa shape index (κ3) is 23.3. The number of hydrogen-bond acceptors (Lipinski definition) is 12. The van der Waals surface area contributed by atoms with Gasteiger partial charge in [0.15, 0.2) is 49.4 Å². The minimum Gasteiger partial charge on any atom is -0.498 e. The van der Waals surface area contributed by atoms with Crippen molar-refractivity contribution in [3.05, 3.63) is 202 Å². The van der Waals surface area contributed by atoms with E-state index in [-0.39, 0.29) is 77.0 Å². The smallest absolute Gasteiger partial charge is 0.498 e. The van der Waals surface area contributed by atoms with E-state index >= 15 is 0 Å². The second-order valence-corrected chi connectivity index (χ2v) is 31.4. The number of hydrogen-bond donors (Lipinski definition) is 0. The van der Waals surface area contributed by atoms with Gasteiger partial charge in [-0.2, -0.15) is 26.3 Å². The van der Waals surface area contributed by atoms with Gasteiger partial charge in [0.25, 0.3) is 0 Å². The van der Waals surface area contributed by atoms with Gasteiger partial charge in [-0.15, -0.1) is 0 Å². The van der Waals surface area contributed by atoms with Gasteiger partial charge in [-0.1, -0.05) is 124 Å². The number of benzene rings is 6. The van der Waals surface area contributed by atoms with Crippen molar-refractivity contribution in [2.24, 2.45) is 0 Å². The molecule has 0 radical (unpaired) electrons. The third-order valence-corrected chi connectivity index (χ3v) is 24.7. The van der Waals surface area contributed by atoms with Gasteiger partial charge in [-0.05, 0) is 124 Å². The van der Waals surface area contributed by atoms with Crippen LogP contribution in [0, 0.1) is 27.7 Å². The summed E-state index contributed by atoms with van der Waals surface area (Å²) in [6.45, 7) is 17.6. The summed E-state index contributed by atoms with van der Waals surface area (Å²) in [6.07, 6.45) is 7.26.